The number of anilines is 1. The molecule has 1 aromatic carbocycles. The molecule has 0 bridgehead atoms. The van der Waals surface area contributed by atoms with Gasteiger partial charge in [0.15, 0.2) is 5.11 Å². The van der Waals surface area contributed by atoms with E-state index in [9.17, 15) is 0 Å². The van der Waals surface area contributed by atoms with Gasteiger partial charge in [-0.15, -0.1) is 11.3 Å². The van der Waals surface area contributed by atoms with Crippen molar-refractivity contribution in [1.82, 2.24) is 5.43 Å². The summed E-state index contributed by atoms with van der Waals surface area (Å²) in [7, 11) is 0. The molecule has 1 heterocycles. The summed E-state index contributed by atoms with van der Waals surface area (Å²) in [6.45, 7) is 0. The molecule has 0 aliphatic heterocycles. The van der Waals surface area contributed by atoms with Crippen LogP contribution in [0.2, 0.25) is 0 Å². The number of benzene rings is 1. The lowest BCUT2D eigenvalue weighted by atomic mass is 10.3. The number of rotatable bonds is 3. The first kappa shape index (κ1) is 13.2. The van der Waals surface area contributed by atoms with Crippen molar-refractivity contribution in [1.29, 1.82) is 0 Å². The summed E-state index contributed by atoms with van der Waals surface area (Å²) >= 11 is 10.1. The smallest absolute Gasteiger partial charge is 0.191 e. The molecule has 2 N–H and O–H groups in total. The molecule has 1 aromatic heterocycles. The van der Waals surface area contributed by atoms with Crippen LogP contribution in [0.3, 0.4) is 0 Å². The number of nitrogens with one attached hydrogen (secondary N) is 2. The highest BCUT2D eigenvalue weighted by molar-refractivity contribution is 9.11. The van der Waals surface area contributed by atoms with Gasteiger partial charge in [0.25, 0.3) is 0 Å². The van der Waals surface area contributed by atoms with Crippen LogP contribution in [0.25, 0.3) is 0 Å². The zero-order chi connectivity index (χ0) is 12.8. The molecule has 0 atom stereocenters. The second kappa shape index (κ2) is 6.63. The van der Waals surface area contributed by atoms with E-state index in [2.05, 4.69) is 31.8 Å². The van der Waals surface area contributed by atoms with E-state index in [-0.39, 0.29) is 0 Å². The van der Waals surface area contributed by atoms with Gasteiger partial charge in [-0.2, -0.15) is 5.10 Å². The maximum Gasteiger partial charge on any atom is 0.191 e. The molecule has 0 saturated heterocycles. The SMILES string of the molecule is S=C(NN=Cc1ccc(Br)s1)Nc1ccccc1. The van der Waals surface area contributed by atoms with Crippen molar-refractivity contribution in [2.24, 2.45) is 5.10 Å². The fraction of sp³-hybridized carbons (Fsp3) is 0. The van der Waals surface area contributed by atoms with E-state index in [0.717, 1.165) is 14.4 Å². The number of hydrogen-bond donors (Lipinski definition) is 2. The maximum absolute atomic E-state index is 5.11. The van der Waals surface area contributed by atoms with Crippen LogP contribution in [0.1, 0.15) is 4.88 Å². The quantitative estimate of drug-likeness (QED) is 0.506. The molecule has 2 aromatic rings. The molecule has 92 valence electrons. The Hall–Kier alpha value is -1.24. The highest BCUT2D eigenvalue weighted by atomic mass is 79.9. The van der Waals surface area contributed by atoms with E-state index in [1.165, 1.54) is 0 Å². The number of nitrogens with zero attached hydrogens (tertiary/aromatic N) is 1. The van der Waals surface area contributed by atoms with Gasteiger partial charge < -0.3 is 5.32 Å². The molecule has 0 radical (unpaired) electrons. The molecule has 0 fully saturated rings. The minimum atomic E-state index is 0.466. The van der Waals surface area contributed by atoms with Crippen molar-refractivity contribution in [2.75, 3.05) is 5.32 Å². The van der Waals surface area contributed by atoms with Crippen LogP contribution in [-0.4, -0.2) is 11.3 Å². The summed E-state index contributed by atoms with van der Waals surface area (Å²) in [5.41, 5.74) is 3.70. The molecule has 3 nitrogen and oxygen atoms in total. The highest BCUT2D eigenvalue weighted by Crippen LogP contribution is 2.20. The molecule has 0 saturated carbocycles. The Bertz CT molecular complexity index is 551. The van der Waals surface area contributed by atoms with Crippen LogP contribution in [0.5, 0.6) is 0 Å². The molecule has 0 spiro atoms. The fourth-order valence-electron chi connectivity index (χ4n) is 1.23. The normalized spacial score (nSPS) is 10.5. The van der Waals surface area contributed by atoms with Crippen LogP contribution in [0.4, 0.5) is 5.69 Å². The predicted octanol–water partition coefficient (Wildman–Crippen LogP) is 3.83. The van der Waals surface area contributed by atoms with Gasteiger partial charge in [-0.1, -0.05) is 18.2 Å². The standard InChI is InChI=1S/C12H10BrN3S2/c13-11-7-6-10(18-11)8-14-16-12(17)15-9-4-2-1-3-5-9/h1-8H,(H2,15,16,17). The Kier molecular flexibility index (Phi) is 4.86. The van der Waals surface area contributed by atoms with E-state index in [4.69, 9.17) is 12.2 Å². The molecule has 0 aliphatic rings. The van der Waals surface area contributed by atoms with Gasteiger partial charge in [0, 0.05) is 10.6 Å². The zero-order valence-electron chi connectivity index (χ0n) is 9.26. The van der Waals surface area contributed by atoms with Crippen molar-refractivity contribution in [3.63, 3.8) is 0 Å². The maximum atomic E-state index is 5.11. The van der Waals surface area contributed by atoms with E-state index >= 15 is 0 Å². The van der Waals surface area contributed by atoms with Gasteiger partial charge in [0.05, 0.1) is 10.0 Å². The highest BCUT2D eigenvalue weighted by Gasteiger charge is 1.95. The second-order valence-corrected chi connectivity index (χ2v) is 6.23. The first-order valence-electron chi connectivity index (χ1n) is 5.14. The average molecular weight is 340 g/mol. The number of hydrazone groups is 1. The third-order valence-electron chi connectivity index (χ3n) is 1.98. The lowest BCUT2D eigenvalue weighted by Gasteiger charge is -2.05. The van der Waals surface area contributed by atoms with Gasteiger partial charge in [-0.05, 0) is 52.4 Å². The monoisotopic (exact) mass is 339 g/mol. The van der Waals surface area contributed by atoms with E-state index in [1.807, 2.05) is 42.5 Å². The lowest BCUT2D eigenvalue weighted by molar-refractivity contribution is 1.05. The predicted molar refractivity (Wildman–Crippen MR) is 85.4 cm³/mol. The van der Waals surface area contributed by atoms with Crippen molar-refractivity contribution in [2.45, 2.75) is 0 Å². The Morgan fingerprint density at radius 1 is 1.22 bits per heavy atom. The van der Waals surface area contributed by atoms with Gasteiger partial charge in [-0.25, -0.2) is 0 Å². The zero-order valence-corrected chi connectivity index (χ0v) is 12.5. The van der Waals surface area contributed by atoms with Gasteiger partial charge in [0.1, 0.15) is 0 Å². The third kappa shape index (κ3) is 4.21. The first-order chi connectivity index (χ1) is 8.74. The average Bonchev–Trinajstić information content (AvgIpc) is 2.76. The largest absolute Gasteiger partial charge is 0.331 e. The minimum absolute atomic E-state index is 0.466. The van der Waals surface area contributed by atoms with Crippen LogP contribution >= 0.6 is 39.5 Å². The van der Waals surface area contributed by atoms with Gasteiger partial charge in [0.2, 0.25) is 0 Å². The Labute approximate surface area is 123 Å². The number of thiocarbonyl (C=S) groups is 1. The van der Waals surface area contributed by atoms with Crippen LogP contribution < -0.4 is 10.7 Å². The molecule has 6 heteroatoms. The summed E-state index contributed by atoms with van der Waals surface area (Å²) in [6.07, 6.45) is 1.73. The van der Waals surface area contributed by atoms with Crippen LogP contribution in [0.15, 0.2) is 51.4 Å². The lowest BCUT2D eigenvalue weighted by Crippen LogP contribution is -2.23. The second-order valence-electron chi connectivity index (χ2n) is 3.33. The van der Waals surface area contributed by atoms with E-state index in [1.54, 1.807) is 17.6 Å². The summed E-state index contributed by atoms with van der Waals surface area (Å²) < 4.78 is 1.08. The van der Waals surface area contributed by atoms with Gasteiger partial charge >= 0.3 is 0 Å². The number of halogens is 1. The van der Waals surface area contributed by atoms with E-state index in [0.29, 0.717) is 5.11 Å². The minimum Gasteiger partial charge on any atom is -0.331 e. The van der Waals surface area contributed by atoms with Crippen molar-refractivity contribution in [3.8, 4) is 0 Å². The molecule has 2 rings (SSSR count). The molecule has 0 amide bonds. The fourth-order valence-corrected chi connectivity index (χ4v) is 2.70. The summed E-state index contributed by atoms with van der Waals surface area (Å²) in [4.78, 5) is 1.05. The third-order valence-corrected chi connectivity index (χ3v) is 3.74. The first-order valence-corrected chi connectivity index (χ1v) is 7.16. The Morgan fingerprint density at radius 2 is 2.00 bits per heavy atom. The summed E-state index contributed by atoms with van der Waals surface area (Å²) in [5, 5.41) is 7.56. The number of thiophene rings is 1. The molecule has 0 unspecified atom stereocenters. The van der Waals surface area contributed by atoms with Crippen molar-refractivity contribution < 1.29 is 0 Å². The van der Waals surface area contributed by atoms with Crippen LogP contribution in [-0.2, 0) is 0 Å². The molecule has 18 heavy (non-hydrogen) atoms. The number of hydrogen-bond acceptors (Lipinski definition) is 3. The van der Waals surface area contributed by atoms with Crippen molar-refractivity contribution in [3.05, 3.63) is 51.1 Å². The van der Waals surface area contributed by atoms with Crippen LogP contribution in [0, 0.1) is 0 Å². The molecule has 0 aliphatic carbocycles. The summed E-state index contributed by atoms with van der Waals surface area (Å²) in [6, 6.07) is 13.7. The summed E-state index contributed by atoms with van der Waals surface area (Å²) in [5.74, 6) is 0. The Morgan fingerprint density at radius 3 is 2.67 bits per heavy atom. The Balaban J connectivity index is 1.83. The topological polar surface area (TPSA) is 36.4 Å². The van der Waals surface area contributed by atoms with Crippen molar-refractivity contribution >= 4 is 56.5 Å². The number of para-hydroxylation sites is 1. The molecular weight excluding hydrogens is 330 g/mol. The van der Waals surface area contributed by atoms with E-state index < -0.39 is 0 Å². The molecular formula is C12H10BrN3S2. The van der Waals surface area contributed by atoms with Gasteiger partial charge in [-0.3, -0.25) is 5.43 Å².